The second kappa shape index (κ2) is 11.5. The molecule has 0 radical (unpaired) electrons. The number of carbonyl (C=O) groups is 2. The Morgan fingerprint density at radius 3 is 2.73 bits per heavy atom. The Morgan fingerprint density at radius 2 is 1.93 bits per heavy atom. The summed E-state index contributed by atoms with van der Waals surface area (Å²) in [6.07, 6.45) is 11.0. The number of aryl methyl sites for hydroxylation is 1. The van der Waals surface area contributed by atoms with Crippen LogP contribution < -0.4 is 9.64 Å². The Morgan fingerprint density at radius 1 is 1.10 bits per heavy atom. The van der Waals surface area contributed by atoms with Crippen LogP contribution in [-0.4, -0.2) is 60.3 Å². The standard InChI is InChI=1S/C32H39ClN2O5/c1-22-29(36)34(2)16-7-5-3-4-6-8-17-35-20-31(15-9-10-23-18-25(33)12-13-26(23)31)21-40-28-14-11-24(19-27(28)35)32(22,39)30(37)38/h5,7,11-14,18-19,22,39H,3-4,6,8-10,15-17,20-21H2,1-2H3,(H,37,38)/b7-5-/t22-,31-,32+/m0/s1. The average Bonchev–Trinajstić information content (AvgIpc) is 3.09. The number of benzene rings is 2. The lowest BCUT2D eigenvalue weighted by Gasteiger charge is -2.41. The highest BCUT2D eigenvalue weighted by atomic mass is 35.5. The molecule has 3 atom stereocenters. The first-order chi connectivity index (χ1) is 19.2. The molecule has 5 rings (SSSR count). The highest BCUT2D eigenvalue weighted by molar-refractivity contribution is 6.30. The predicted octanol–water partition coefficient (Wildman–Crippen LogP) is 5.31. The number of halogens is 1. The fourth-order valence-electron chi connectivity index (χ4n) is 6.64. The van der Waals surface area contributed by atoms with Gasteiger partial charge in [0.15, 0.2) is 5.60 Å². The zero-order valence-corrected chi connectivity index (χ0v) is 24.1. The van der Waals surface area contributed by atoms with Crippen LogP contribution in [0.2, 0.25) is 5.02 Å². The van der Waals surface area contributed by atoms with E-state index in [0.29, 0.717) is 25.4 Å². The van der Waals surface area contributed by atoms with Gasteiger partial charge in [0.25, 0.3) is 0 Å². The molecule has 7 nitrogen and oxygen atoms in total. The van der Waals surface area contributed by atoms with E-state index in [4.69, 9.17) is 16.3 Å². The molecule has 0 aromatic heterocycles. The maximum absolute atomic E-state index is 13.3. The van der Waals surface area contributed by atoms with Crippen molar-refractivity contribution < 1.29 is 24.5 Å². The number of aliphatic hydroxyl groups is 1. The van der Waals surface area contributed by atoms with Gasteiger partial charge in [-0.15, -0.1) is 0 Å². The smallest absolute Gasteiger partial charge is 0.341 e. The summed E-state index contributed by atoms with van der Waals surface area (Å²) in [6, 6.07) is 11.2. The fraction of sp³-hybridized carbons (Fsp3) is 0.500. The number of carbonyl (C=O) groups excluding carboxylic acids is 1. The van der Waals surface area contributed by atoms with Crippen molar-refractivity contribution in [2.24, 2.45) is 5.92 Å². The molecule has 0 saturated heterocycles. The van der Waals surface area contributed by atoms with Gasteiger partial charge < -0.3 is 24.7 Å². The molecule has 1 spiro atoms. The van der Waals surface area contributed by atoms with Crippen LogP contribution >= 0.6 is 11.6 Å². The molecule has 2 bridgehead atoms. The normalized spacial score (nSPS) is 28.4. The molecule has 40 heavy (non-hydrogen) atoms. The van der Waals surface area contributed by atoms with Gasteiger partial charge in [-0.25, -0.2) is 4.79 Å². The average molecular weight is 567 g/mol. The highest BCUT2D eigenvalue weighted by Gasteiger charge is 2.49. The number of hydrogen-bond acceptors (Lipinski definition) is 5. The van der Waals surface area contributed by atoms with Gasteiger partial charge in [-0.05, 0) is 86.4 Å². The number of hydrogen-bond donors (Lipinski definition) is 2. The van der Waals surface area contributed by atoms with Crippen molar-refractivity contribution in [3.63, 3.8) is 0 Å². The maximum Gasteiger partial charge on any atom is 0.341 e. The van der Waals surface area contributed by atoms with Crippen molar-refractivity contribution in [3.05, 3.63) is 70.3 Å². The zero-order valence-electron chi connectivity index (χ0n) is 23.4. The summed E-state index contributed by atoms with van der Waals surface area (Å²) < 4.78 is 6.50. The number of ether oxygens (including phenoxy) is 1. The van der Waals surface area contributed by atoms with Crippen molar-refractivity contribution in [3.8, 4) is 5.75 Å². The second-order valence-electron chi connectivity index (χ2n) is 11.7. The molecule has 1 aliphatic carbocycles. The van der Waals surface area contributed by atoms with Crippen LogP contribution in [0.5, 0.6) is 5.75 Å². The number of amides is 1. The van der Waals surface area contributed by atoms with Crippen molar-refractivity contribution in [2.75, 3.05) is 38.2 Å². The van der Waals surface area contributed by atoms with E-state index < -0.39 is 23.4 Å². The molecule has 1 amide bonds. The third kappa shape index (κ3) is 5.21. The minimum atomic E-state index is -2.40. The molecule has 2 N–H and O–H groups in total. The number of carboxylic acid groups (broad SMARTS) is 1. The van der Waals surface area contributed by atoms with Crippen LogP contribution in [0.3, 0.4) is 0 Å². The third-order valence-electron chi connectivity index (χ3n) is 9.02. The summed E-state index contributed by atoms with van der Waals surface area (Å²) in [6.45, 7) is 3.83. The summed E-state index contributed by atoms with van der Waals surface area (Å²) in [4.78, 5) is 29.7. The fourth-order valence-corrected chi connectivity index (χ4v) is 6.83. The molecule has 8 heteroatoms. The molecule has 2 aromatic carbocycles. The van der Waals surface area contributed by atoms with Crippen molar-refractivity contribution in [1.29, 1.82) is 0 Å². The lowest BCUT2D eigenvalue weighted by molar-refractivity contribution is -0.172. The van der Waals surface area contributed by atoms with Gasteiger partial charge in [0.05, 0.1) is 18.2 Å². The number of carboxylic acids is 1. The quantitative estimate of drug-likeness (QED) is 0.455. The zero-order chi connectivity index (χ0) is 28.5. The number of allylic oxidation sites excluding steroid dienone is 1. The van der Waals surface area contributed by atoms with Gasteiger partial charge in [-0.2, -0.15) is 0 Å². The Kier molecular flexibility index (Phi) is 8.16. The predicted molar refractivity (Wildman–Crippen MR) is 156 cm³/mol. The van der Waals surface area contributed by atoms with Gasteiger partial charge in [-0.1, -0.05) is 42.3 Å². The summed E-state index contributed by atoms with van der Waals surface area (Å²) in [5.41, 5.74) is 0.817. The van der Waals surface area contributed by atoms with Gasteiger partial charge >= 0.3 is 5.97 Å². The minimum absolute atomic E-state index is 0.177. The van der Waals surface area contributed by atoms with E-state index in [2.05, 4.69) is 23.1 Å². The molecule has 0 fully saturated rings. The van der Waals surface area contributed by atoms with Gasteiger partial charge in [0, 0.05) is 37.1 Å². The molecule has 0 unspecified atom stereocenters. The largest absolute Gasteiger partial charge is 0.490 e. The van der Waals surface area contributed by atoms with E-state index in [1.807, 2.05) is 12.1 Å². The summed E-state index contributed by atoms with van der Waals surface area (Å²) in [5, 5.41) is 22.7. The molecule has 2 aromatic rings. The van der Waals surface area contributed by atoms with Crippen molar-refractivity contribution in [2.45, 2.75) is 62.9 Å². The number of nitrogens with zero attached hydrogens (tertiary/aromatic N) is 2. The second-order valence-corrected chi connectivity index (χ2v) is 12.1. The lowest BCUT2D eigenvalue weighted by Crippen LogP contribution is -2.49. The molecule has 2 heterocycles. The minimum Gasteiger partial charge on any atom is -0.490 e. The molecule has 2 aliphatic heterocycles. The molecular weight excluding hydrogens is 528 g/mol. The van der Waals surface area contributed by atoms with Gasteiger partial charge in [0.2, 0.25) is 5.91 Å². The summed E-state index contributed by atoms with van der Waals surface area (Å²) >= 11 is 6.36. The maximum atomic E-state index is 13.3. The first kappa shape index (κ1) is 28.5. The Balaban J connectivity index is 1.60. The number of anilines is 1. The van der Waals surface area contributed by atoms with E-state index in [0.717, 1.165) is 62.2 Å². The summed E-state index contributed by atoms with van der Waals surface area (Å²) in [7, 11) is 1.63. The van der Waals surface area contributed by atoms with Crippen LogP contribution in [0.4, 0.5) is 5.69 Å². The van der Waals surface area contributed by atoms with Crippen LogP contribution in [0.25, 0.3) is 0 Å². The van der Waals surface area contributed by atoms with E-state index in [1.54, 1.807) is 25.2 Å². The Labute approximate surface area is 241 Å². The molecule has 0 saturated carbocycles. The van der Waals surface area contributed by atoms with E-state index in [-0.39, 0.29) is 11.0 Å². The first-order valence-electron chi connectivity index (χ1n) is 14.3. The van der Waals surface area contributed by atoms with Crippen molar-refractivity contribution in [1.82, 2.24) is 4.90 Å². The topological polar surface area (TPSA) is 90.3 Å². The van der Waals surface area contributed by atoms with E-state index in [1.165, 1.54) is 23.0 Å². The van der Waals surface area contributed by atoms with Gasteiger partial charge in [-0.3, -0.25) is 4.79 Å². The van der Waals surface area contributed by atoms with Gasteiger partial charge in [0.1, 0.15) is 5.75 Å². The number of rotatable bonds is 1. The Bertz CT molecular complexity index is 1310. The van der Waals surface area contributed by atoms with Crippen LogP contribution in [0.1, 0.15) is 62.1 Å². The number of aliphatic carboxylic acids is 1. The first-order valence-corrected chi connectivity index (χ1v) is 14.7. The molecule has 3 aliphatic rings. The van der Waals surface area contributed by atoms with Crippen LogP contribution in [-0.2, 0) is 27.0 Å². The number of likely N-dealkylation sites (N-methyl/N-ethyl adjacent to an activating group) is 1. The van der Waals surface area contributed by atoms with E-state index >= 15 is 0 Å². The van der Waals surface area contributed by atoms with Crippen LogP contribution in [0, 0.1) is 5.92 Å². The lowest BCUT2D eigenvalue weighted by atomic mass is 9.70. The molecular formula is C32H39ClN2O5. The third-order valence-corrected chi connectivity index (χ3v) is 9.26. The van der Waals surface area contributed by atoms with Crippen molar-refractivity contribution >= 4 is 29.2 Å². The monoisotopic (exact) mass is 566 g/mol. The Hall–Kier alpha value is -3.03. The number of fused-ring (bicyclic) bond motifs is 3. The van der Waals surface area contributed by atoms with E-state index in [9.17, 15) is 19.8 Å². The highest BCUT2D eigenvalue weighted by Crippen LogP contribution is 2.46. The van der Waals surface area contributed by atoms with Crippen LogP contribution in [0.15, 0.2) is 48.6 Å². The molecule has 214 valence electrons. The summed E-state index contributed by atoms with van der Waals surface area (Å²) in [5.74, 6) is -2.42. The SMILES string of the molecule is C[C@H]1C(=O)N(C)C/C=C\CCCCCN2C[C@@]3(CCCc4cc(Cl)ccc43)COc3ccc(cc32)[C@@]1(O)C(=O)O.